The maximum Gasteiger partial charge on any atom is 0.123 e. The van der Waals surface area contributed by atoms with Crippen molar-refractivity contribution in [1.82, 2.24) is 0 Å². The van der Waals surface area contributed by atoms with Crippen LogP contribution in [-0.4, -0.2) is 22.2 Å². The molecule has 0 saturated carbocycles. The number of thioether (sulfide) groups is 1. The van der Waals surface area contributed by atoms with Crippen LogP contribution >= 0.6 is 11.8 Å². The average Bonchev–Trinajstić information content (AvgIpc) is 2.14. The quantitative estimate of drug-likeness (QED) is 0.874. The molecule has 0 bridgehead atoms. The van der Waals surface area contributed by atoms with Gasteiger partial charge in [-0.1, -0.05) is 26.0 Å². The van der Waals surface area contributed by atoms with Crippen LogP contribution in [0.5, 0.6) is 0 Å². The minimum Gasteiger partial charge on any atom is -0.389 e. The van der Waals surface area contributed by atoms with Crippen LogP contribution in [0.25, 0.3) is 0 Å². The summed E-state index contributed by atoms with van der Waals surface area (Å²) in [6.45, 7) is 4.35. The molecule has 2 rings (SSSR count). The number of hydrogen-bond donors (Lipinski definition) is 1. The minimum absolute atomic E-state index is 0.158. The highest BCUT2D eigenvalue weighted by atomic mass is 32.2. The predicted molar refractivity (Wildman–Crippen MR) is 70.8 cm³/mol. The van der Waals surface area contributed by atoms with E-state index < -0.39 is 5.60 Å². The number of aliphatic hydroxyl groups is 1. The van der Waals surface area contributed by atoms with Gasteiger partial charge in [0.15, 0.2) is 0 Å². The Bertz CT molecular complexity index is 405. The summed E-state index contributed by atoms with van der Waals surface area (Å²) in [4.78, 5) is 0. The molecule has 1 atom stereocenters. The molecule has 0 aromatic heterocycles. The molecule has 1 heterocycles. The van der Waals surface area contributed by atoms with Crippen molar-refractivity contribution in [2.75, 3.05) is 11.5 Å². The van der Waals surface area contributed by atoms with Crippen molar-refractivity contribution in [2.24, 2.45) is 5.41 Å². The lowest BCUT2D eigenvalue weighted by Crippen LogP contribution is -2.44. The van der Waals surface area contributed by atoms with Crippen molar-refractivity contribution < 1.29 is 9.50 Å². The summed E-state index contributed by atoms with van der Waals surface area (Å²) in [5, 5.41) is 10.6. The molecule has 1 aliphatic heterocycles. The van der Waals surface area contributed by atoms with Gasteiger partial charge in [0.1, 0.15) is 5.82 Å². The Morgan fingerprint density at radius 2 is 2.12 bits per heavy atom. The summed E-state index contributed by atoms with van der Waals surface area (Å²) < 4.78 is 13.1. The Morgan fingerprint density at radius 1 is 1.35 bits per heavy atom. The highest BCUT2D eigenvalue weighted by Crippen LogP contribution is 2.40. The van der Waals surface area contributed by atoms with Gasteiger partial charge in [0, 0.05) is 12.2 Å². The summed E-state index contributed by atoms with van der Waals surface area (Å²) in [5.41, 5.74) is 0.344. The zero-order valence-corrected chi connectivity index (χ0v) is 11.2. The van der Waals surface area contributed by atoms with Gasteiger partial charge in [0.05, 0.1) is 5.60 Å². The highest BCUT2D eigenvalue weighted by Gasteiger charge is 2.38. The highest BCUT2D eigenvalue weighted by molar-refractivity contribution is 7.99. The largest absolute Gasteiger partial charge is 0.389 e. The third-order valence-electron chi connectivity index (χ3n) is 3.09. The van der Waals surface area contributed by atoms with Gasteiger partial charge < -0.3 is 5.11 Å². The van der Waals surface area contributed by atoms with E-state index in [0.717, 1.165) is 23.5 Å². The molecule has 1 saturated heterocycles. The smallest absolute Gasteiger partial charge is 0.123 e. The summed E-state index contributed by atoms with van der Waals surface area (Å²) in [6, 6.07) is 6.54. The maximum atomic E-state index is 13.1. The Hall–Kier alpha value is -0.540. The van der Waals surface area contributed by atoms with Gasteiger partial charge in [0.25, 0.3) is 0 Å². The number of rotatable bonds is 2. The van der Waals surface area contributed by atoms with Gasteiger partial charge in [-0.05, 0) is 35.3 Å². The molecule has 1 aromatic rings. The summed E-state index contributed by atoms with van der Waals surface area (Å²) in [7, 11) is 0. The van der Waals surface area contributed by atoms with Crippen LogP contribution in [0.2, 0.25) is 0 Å². The second-order valence-electron chi connectivity index (χ2n) is 5.86. The number of hydrogen-bond acceptors (Lipinski definition) is 2. The molecule has 3 heteroatoms. The van der Waals surface area contributed by atoms with Crippen molar-refractivity contribution >= 4 is 11.8 Å². The second-order valence-corrected chi connectivity index (χ2v) is 6.85. The molecule has 94 valence electrons. The number of benzene rings is 1. The SMILES string of the molecule is CC1(C)CSCC(O)(Cc2cccc(F)c2)C1. The first kappa shape index (κ1) is 12.9. The van der Waals surface area contributed by atoms with E-state index in [0.29, 0.717) is 6.42 Å². The summed E-state index contributed by atoms with van der Waals surface area (Å²) in [6.07, 6.45) is 1.32. The van der Waals surface area contributed by atoms with E-state index >= 15 is 0 Å². The van der Waals surface area contributed by atoms with Crippen molar-refractivity contribution in [3.8, 4) is 0 Å². The monoisotopic (exact) mass is 254 g/mol. The topological polar surface area (TPSA) is 20.2 Å². The van der Waals surface area contributed by atoms with Crippen LogP contribution < -0.4 is 0 Å². The predicted octanol–water partition coefficient (Wildman–Crippen LogP) is 3.26. The molecule has 0 amide bonds. The molecule has 0 radical (unpaired) electrons. The molecule has 0 spiro atoms. The van der Waals surface area contributed by atoms with Crippen molar-refractivity contribution in [3.05, 3.63) is 35.6 Å². The Labute approximate surface area is 106 Å². The van der Waals surface area contributed by atoms with Crippen LogP contribution in [-0.2, 0) is 6.42 Å². The Balaban J connectivity index is 2.12. The first-order chi connectivity index (χ1) is 7.89. The van der Waals surface area contributed by atoms with Crippen molar-refractivity contribution in [3.63, 3.8) is 0 Å². The van der Waals surface area contributed by atoms with Gasteiger partial charge in [-0.3, -0.25) is 0 Å². The van der Waals surface area contributed by atoms with E-state index in [1.54, 1.807) is 17.8 Å². The fourth-order valence-corrected chi connectivity index (χ4v) is 3.99. The third kappa shape index (κ3) is 3.46. The van der Waals surface area contributed by atoms with E-state index in [1.807, 2.05) is 6.07 Å². The molecular weight excluding hydrogens is 235 g/mol. The van der Waals surface area contributed by atoms with Crippen molar-refractivity contribution in [1.29, 1.82) is 0 Å². The molecule has 1 unspecified atom stereocenters. The fraction of sp³-hybridized carbons (Fsp3) is 0.571. The second kappa shape index (κ2) is 4.62. The Kier molecular flexibility index (Phi) is 3.50. The summed E-state index contributed by atoms with van der Waals surface area (Å²) >= 11 is 1.79. The molecule has 0 aliphatic carbocycles. The molecule has 1 aromatic carbocycles. The standard InChI is InChI=1S/C14H19FOS/c1-13(2)8-14(16,10-17-9-13)7-11-4-3-5-12(15)6-11/h3-6,16H,7-10H2,1-2H3. The minimum atomic E-state index is -0.694. The lowest BCUT2D eigenvalue weighted by Gasteiger charge is -2.41. The van der Waals surface area contributed by atoms with Crippen LogP contribution in [0.15, 0.2) is 24.3 Å². The third-order valence-corrected chi connectivity index (χ3v) is 4.82. The molecular formula is C14H19FOS. The summed E-state index contributed by atoms with van der Waals surface area (Å²) in [5.74, 6) is 1.60. The van der Waals surface area contributed by atoms with Crippen LogP contribution in [0.1, 0.15) is 25.8 Å². The van der Waals surface area contributed by atoms with E-state index in [2.05, 4.69) is 13.8 Å². The zero-order chi connectivity index (χ0) is 12.5. The van der Waals surface area contributed by atoms with Crippen LogP contribution in [0.4, 0.5) is 4.39 Å². The molecule has 1 aliphatic rings. The van der Waals surface area contributed by atoms with Gasteiger partial charge in [-0.15, -0.1) is 0 Å². The van der Waals surface area contributed by atoms with Gasteiger partial charge >= 0.3 is 0 Å². The first-order valence-electron chi connectivity index (χ1n) is 5.93. The fourth-order valence-electron chi connectivity index (χ4n) is 2.65. The Morgan fingerprint density at radius 3 is 2.76 bits per heavy atom. The van der Waals surface area contributed by atoms with Crippen molar-refractivity contribution in [2.45, 2.75) is 32.3 Å². The normalized spacial score (nSPS) is 28.0. The zero-order valence-electron chi connectivity index (χ0n) is 10.4. The van der Waals surface area contributed by atoms with E-state index in [-0.39, 0.29) is 11.2 Å². The number of halogens is 1. The van der Waals surface area contributed by atoms with Gasteiger partial charge in [-0.2, -0.15) is 11.8 Å². The molecule has 1 nitrogen and oxygen atoms in total. The maximum absolute atomic E-state index is 13.1. The van der Waals surface area contributed by atoms with E-state index in [9.17, 15) is 9.50 Å². The van der Waals surface area contributed by atoms with Gasteiger partial charge in [0.2, 0.25) is 0 Å². The molecule has 1 fully saturated rings. The molecule has 17 heavy (non-hydrogen) atoms. The van der Waals surface area contributed by atoms with Crippen LogP contribution in [0, 0.1) is 11.2 Å². The van der Waals surface area contributed by atoms with E-state index in [1.165, 1.54) is 12.1 Å². The first-order valence-corrected chi connectivity index (χ1v) is 7.09. The average molecular weight is 254 g/mol. The van der Waals surface area contributed by atoms with E-state index in [4.69, 9.17) is 0 Å². The lowest BCUT2D eigenvalue weighted by atomic mass is 9.79. The lowest BCUT2D eigenvalue weighted by molar-refractivity contribution is 0.0200. The van der Waals surface area contributed by atoms with Crippen LogP contribution in [0.3, 0.4) is 0 Å². The van der Waals surface area contributed by atoms with Gasteiger partial charge in [-0.25, -0.2) is 4.39 Å². The molecule has 1 N–H and O–H groups in total.